The summed E-state index contributed by atoms with van der Waals surface area (Å²) in [6, 6.07) is 8.03. The molecule has 0 radical (unpaired) electrons. The van der Waals surface area contributed by atoms with Crippen LogP contribution >= 0.6 is 0 Å². The van der Waals surface area contributed by atoms with Crippen molar-refractivity contribution in [2.45, 2.75) is 6.92 Å². The highest BCUT2D eigenvalue weighted by Crippen LogP contribution is 2.30. The van der Waals surface area contributed by atoms with E-state index in [1.165, 1.54) is 11.1 Å². The molecule has 1 aliphatic heterocycles. The third-order valence-corrected chi connectivity index (χ3v) is 1.95. The summed E-state index contributed by atoms with van der Waals surface area (Å²) in [7, 11) is 0. The fraction of sp³-hybridized carbons (Fsp3) is 0.0909. The minimum atomic E-state index is 0.938. The maximum absolute atomic E-state index is 5.33. The molecular formula is C11H10O. The predicted molar refractivity (Wildman–Crippen MR) is 49.9 cm³/mol. The third-order valence-electron chi connectivity index (χ3n) is 1.95. The molecule has 0 fully saturated rings. The first kappa shape index (κ1) is 7.17. The summed E-state index contributed by atoms with van der Waals surface area (Å²) in [6.45, 7) is 2.03. The van der Waals surface area contributed by atoms with Gasteiger partial charge >= 0.3 is 0 Å². The highest BCUT2D eigenvalue weighted by Gasteiger charge is 2.08. The molecular weight excluding hydrogens is 148 g/mol. The Labute approximate surface area is 72.0 Å². The van der Waals surface area contributed by atoms with Crippen LogP contribution in [0.1, 0.15) is 12.5 Å². The minimum Gasteiger partial charge on any atom is -0.464 e. The molecule has 12 heavy (non-hydrogen) atoms. The highest BCUT2D eigenvalue weighted by atomic mass is 16.5. The molecule has 0 unspecified atom stereocenters. The molecule has 0 bridgehead atoms. The summed E-state index contributed by atoms with van der Waals surface area (Å²) >= 11 is 0. The van der Waals surface area contributed by atoms with Crippen LogP contribution in [0.4, 0.5) is 0 Å². The molecule has 0 aliphatic carbocycles. The zero-order valence-electron chi connectivity index (χ0n) is 6.95. The molecule has 1 aliphatic rings. The number of benzene rings is 1. The summed E-state index contributed by atoms with van der Waals surface area (Å²) in [6.07, 6.45) is 5.78. The fourth-order valence-corrected chi connectivity index (χ4v) is 1.33. The minimum absolute atomic E-state index is 0.938. The van der Waals surface area contributed by atoms with Crippen molar-refractivity contribution in [1.29, 1.82) is 0 Å². The highest BCUT2D eigenvalue weighted by molar-refractivity contribution is 5.78. The number of para-hydroxylation sites is 1. The molecule has 0 amide bonds. The largest absolute Gasteiger partial charge is 0.464 e. The molecule has 0 saturated carbocycles. The van der Waals surface area contributed by atoms with Crippen molar-refractivity contribution in [3.8, 4) is 5.75 Å². The van der Waals surface area contributed by atoms with Crippen molar-refractivity contribution in [2.24, 2.45) is 0 Å². The molecule has 1 aromatic carbocycles. The Bertz CT molecular complexity index is 348. The molecule has 1 nitrogen and oxygen atoms in total. The van der Waals surface area contributed by atoms with Gasteiger partial charge in [-0.2, -0.15) is 0 Å². The zero-order valence-corrected chi connectivity index (χ0v) is 6.95. The van der Waals surface area contributed by atoms with Gasteiger partial charge in [0.05, 0.1) is 6.26 Å². The van der Waals surface area contributed by atoms with Gasteiger partial charge in [-0.1, -0.05) is 24.3 Å². The Balaban J connectivity index is 2.58. The van der Waals surface area contributed by atoms with E-state index in [-0.39, 0.29) is 0 Å². The first-order chi connectivity index (χ1) is 5.92. The van der Waals surface area contributed by atoms with Crippen molar-refractivity contribution in [3.05, 3.63) is 48.2 Å². The standard InChI is InChI=1S/C11H10O/c1-2-9-7-8-12-11-6-4-3-5-10(9)11/h2-8H,1H3. The zero-order chi connectivity index (χ0) is 8.39. The number of hydrogen-bond acceptors (Lipinski definition) is 1. The van der Waals surface area contributed by atoms with Crippen LogP contribution in [0.3, 0.4) is 0 Å². The van der Waals surface area contributed by atoms with Gasteiger partial charge in [-0.05, 0) is 24.6 Å². The van der Waals surface area contributed by atoms with E-state index < -0.39 is 0 Å². The van der Waals surface area contributed by atoms with Gasteiger partial charge in [0, 0.05) is 5.56 Å². The van der Waals surface area contributed by atoms with Crippen LogP contribution in [0.15, 0.2) is 42.7 Å². The van der Waals surface area contributed by atoms with E-state index in [0.717, 1.165) is 5.75 Å². The van der Waals surface area contributed by atoms with E-state index in [4.69, 9.17) is 4.74 Å². The summed E-state index contributed by atoms with van der Waals surface area (Å²) in [5.41, 5.74) is 2.39. The van der Waals surface area contributed by atoms with E-state index in [1.54, 1.807) is 6.26 Å². The van der Waals surface area contributed by atoms with Crippen LogP contribution in [0.5, 0.6) is 5.75 Å². The van der Waals surface area contributed by atoms with Gasteiger partial charge in [0.15, 0.2) is 0 Å². The van der Waals surface area contributed by atoms with Crippen molar-refractivity contribution >= 4 is 5.57 Å². The average Bonchev–Trinajstić information content (AvgIpc) is 2.17. The van der Waals surface area contributed by atoms with Crippen LogP contribution < -0.4 is 4.74 Å². The van der Waals surface area contributed by atoms with Crippen molar-refractivity contribution in [2.75, 3.05) is 0 Å². The normalized spacial score (nSPS) is 17.2. The number of hydrogen-bond donors (Lipinski definition) is 0. The number of rotatable bonds is 0. The Hall–Kier alpha value is -1.50. The van der Waals surface area contributed by atoms with Gasteiger partial charge in [-0.3, -0.25) is 0 Å². The van der Waals surface area contributed by atoms with Gasteiger partial charge in [-0.25, -0.2) is 0 Å². The summed E-state index contributed by atoms with van der Waals surface area (Å²) in [5, 5.41) is 0. The molecule has 0 saturated heterocycles. The topological polar surface area (TPSA) is 9.23 Å². The maximum atomic E-state index is 5.33. The second kappa shape index (κ2) is 2.86. The molecule has 0 atom stereocenters. The van der Waals surface area contributed by atoms with E-state index in [9.17, 15) is 0 Å². The van der Waals surface area contributed by atoms with E-state index >= 15 is 0 Å². The number of fused-ring (bicyclic) bond motifs is 1. The van der Waals surface area contributed by atoms with Crippen LogP contribution in [-0.4, -0.2) is 0 Å². The van der Waals surface area contributed by atoms with Crippen molar-refractivity contribution in [1.82, 2.24) is 0 Å². The lowest BCUT2D eigenvalue weighted by atomic mass is 10.0. The molecule has 1 heterocycles. The van der Waals surface area contributed by atoms with Crippen LogP contribution in [-0.2, 0) is 0 Å². The number of ether oxygens (including phenoxy) is 1. The molecule has 0 spiro atoms. The van der Waals surface area contributed by atoms with Gasteiger partial charge in [0.25, 0.3) is 0 Å². The Morgan fingerprint density at radius 3 is 2.92 bits per heavy atom. The van der Waals surface area contributed by atoms with Gasteiger partial charge in [0.2, 0.25) is 0 Å². The monoisotopic (exact) mass is 158 g/mol. The van der Waals surface area contributed by atoms with Crippen molar-refractivity contribution < 1.29 is 4.74 Å². The first-order valence-electron chi connectivity index (χ1n) is 4.01. The van der Waals surface area contributed by atoms with E-state index in [1.807, 2.05) is 31.2 Å². The Morgan fingerprint density at radius 1 is 1.25 bits per heavy atom. The summed E-state index contributed by atoms with van der Waals surface area (Å²) < 4.78 is 5.33. The lowest BCUT2D eigenvalue weighted by Gasteiger charge is -2.13. The molecule has 0 N–H and O–H groups in total. The second-order valence-corrected chi connectivity index (χ2v) is 2.66. The lowest BCUT2D eigenvalue weighted by Crippen LogP contribution is -1.94. The molecule has 1 heteroatoms. The smallest absolute Gasteiger partial charge is 0.134 e. The summed E-state index contributed by atoms with van der Waals surface area (Å²) in [4.78, 5) is 0. The van der Waals surface area contributed by atoms with Crippen LogP contribution in [0.2, 0.25) is 0 Å². The van der Waals surface area contributed by atoms with Crippen molar-refractivity contribution in [3.63, 3.8) is 0 Å². The van der Waals surface area contributed by atoms with Crippen LogP contribution in [0.25, 0.3) is 5.57 Å². The second-order valence-electron chi connectivity index (χ2n) is 2.66. The Kier molecular flexibility index (Phi) is 1.71. The lowest BCUT2D eigenvalue weighted by molar-refractivity contribution is 0.476. The SMILES string of the molecule is CC=C1C=COc2ccccc21. The predicted octanol–water partition coefficient (Wildman–Crippen LogP) is 3.00. The Morgan fingerprint density at radius 2 is 2.08 bits per heavy atom. The van der Waals surface area contributed by atoms with Crippen LogP contribution in [0, 0.1) is 0 Å². The van der Waals surface area contributed by atoms with E-state index in [2.05, 4.69) is 12.1 Å². The maximum Gasteiger partial charge on any atom is 0.134 e. The third kappa shape index (κ3) is 1.03. The average molecular weight is 158 g/mol. The quantitative estimate of drug-likeness (QED) is 0.564. The van der Waals surface area contributed by atoms with Gasteiger partial charge < -0.3 is 4.74 Å². The molecule has 2 rings (SSSR count). The summed E-state index contributed by atoms with van der Waals surface area (Å²) in [5.74, 6) is 0.938. The first-order valence-corrected chi connectivity index (χ1v) is 4.01. The number of allylic oxidation sites excluding steroid dienone is 3. The molecule has 1 aromatic rings. The molecule has 0 aromatic heterocycles. The van der Waals surface area contributed by atoms with Gasteiger partial charge in [-0.15, -0.1) is 0 Å². The van der Waals surface area contributed by atoms with Gasteiger partial charge in [0.1, 0.15) is 5.75 Å². The van der Waals surface area contributed by atoms with E-state index in [0.29, 0.717) is 0 Å². The fourth-order valence-electron chi connectivity index (χ4n) is 1.33. The molecule has 60 valence electrons.